The van der Waals surface area contributed by atoms with E-state index in [-0.39, 0.29) is 11.8 Å². The third-order valence-electron chi connectivity index (χ3n) is 4.26. The molecular formula is C16H19N9OS. The van der Waals surface area contributed by atoms with Gasteiger partial charge in [-0.25, -0.2) is 14.6 Å². The molecule has 0 spiro atoms. The third kappa shape index (κ3) is 3.92. The van der Waals surface area contributed by atoms with E-state index in [2.05, 4.69) is 35.5 Å². The van der Waals surface area contributed by atoms with Crippen molar-refractivity contribution in [1.82, 2.24) is 39.8 Å². The molecule has 0 radical (unpaired) electrons. The van der Waals surface area contributed by atoms with Crippen LogP contribution in [0.25, 0.3) is 5.82 Å². The molecule has 3 aromatic rings. The maximum Gasteiger partial charge on any atom is 0.226 e. The van der Waals surface area contributed by atoms with Crippen molar-refractivity contribution < 1.29 is 4.79 Å². The summed E-state index contributed by atoms with van der Waals surface area (Å²) < 4.78 is 3.54. The molecule has 0 unspecified atom stereocenters. The van der Waals surface area contributed by atoms with Gasteiger partial charge < -0.3 is 14.8 Å². The fraction of sp³-hybridized carbons (Fsp3) is 0.375. The number of rotatable bonds is 7. The summed E-state index contributed by atoms with van der Waals surface area (Å²) in [6, 6.07) is 3.72. The fourth-order valence-electron chi connectivity index (χ4n) is 2.74. The molecule has 10 nitrogen and oxygen atoms in total. The molecule has 0 atom stereocenters. The van der Waals surface area contributed by atoms with Crippen molar-refractivity contribution in [3.05, 3.63) is 37.2 Å². The van der Waals surface area contributed by atoms with Crippen LogP contribution < -0.4 is 10.2 Å². The van der Waals surface area contributed by atoms with E-state index in [0.29, 0.717) is 25.5 Å². The summed E-state index contributed by atoms with van der Waals surface area (Å²) in [5.74, 6) is 2.32. The number of nitrogens with zero attached hydrogens (tertiary/aromatic N) is 8. The van der Waals surface area contributed by atoms with Crippen LogP contribution in [0.1, 0.15) is 0 Å². The lowest BCUT2D eigenvalue weighted by Gasteiger charge is -2.39. The minimum absolute atomic E-state index is 0.0204. The van der Waals surface area contributed by atoms with E-state index in [1.54, 1.807) is 29.0 Å². The van der Waals surface area contributed by atoms with Gasteiger partial charge in [-0.15, -0.1) is 10.2 Å². The van der Waals surface area contributed by atoms with Gasteiger partial charge in [0.15, 0.2) is 11.0 Å². The lowest BCUT2D eigenvalue weighted by molar-refractivity contribution is -0.125. The van der Waals surface area contributed by atoms with Gasteiger partial charge >= 0.3 is 0 Å². The number of hydrogen-bond acceptors (Lipinski definition) is 8. The Labute approximate surface area is 160 Å². The lowest BCUT2D eigenvalue weighted by atomic mass is 9.99. The van der Waals surface area contributed by atoms with Gasteiger partial charge in [0.25, 0.3) is 0 Å². The van der Waals surface area contributed by atoms with E-state index >= 15 is 0 Å². The minimum atomic E-state index is -0.0204. The van der Waals surface area contributed by atoms with Gasteiger partial charge in [0.1, 0.15) is 18.5 Å². The molecule has 11 heteroatoms. The SMILES string of the molecule is Cn1cnnc1SCCNC(=O)C1CN(c2cc(-n3cccn3)ncn2)C1. The van der Waals surface area contributed by atoms with Gasteiger partial charge in [-0.1, -0.05) is 11.8 Å². The highest BCUT2D eigenvalue weighted by molar-refractivity contribution is 7.99. The Hall–Kier alpha value is -2.95. The van der Waals surface area contributed by atoms with Crippen molar-refractivity contribution in [3.63, 3.8) is 0 Å². The number of aromatic nitrogens is 7. The first-order valence-electron chi connectivity index (χ1n) is 8.52. The summed E-state index contributed by atoms with van der Waals surface area (Å²) in [7, 11) is 1.90. The van der Waals surface area contributed by atoms with Crippen molar-refractivity contribution in [2.45, 2.75) is 5.16 Å². The van der Waals surface area contributed by atoms with Crippen molar-refractivity contribution in [1.29, 1.82) is 0 Å². The number of carbonyl (C=O) groups excluding carboxylic acids is 1. The van der Waals surface area contributed by atoms with Gasteiger partial charge in [0.05, 0.1) is 5.92 Å². The third-order valence-corrected chi connectivity index (χ3v) is 5.29. The molecular weight excluding hydrogens is 366 g/mol. The molecule has 1 saturated heterocycles. The van der Waals surface area contributed by atoms with Crippen LogP contribution in [0.2, 0.25) is 0 Å². The van der Waals surface area contributed by atoms with E-state index in [4.69, 9.17) is 0 Å². The van der Waals surface area contributed by atoms with Gasteiger partial charge in [-0.05, 0) is 6.07 Å². The van der Waals surface area contributed by atoms with E-state index in [9.17, 15) is 4.79 Å². The molecule has 0 aromatic carbocycles. The second kappa shape index (κ2) is 7.74. The zero-order chi connectivity index (χ0) is 18.6. The number of aryl methyl sites for hydroxylation is 1. The maximum atomic E-state index is 12.3. The number of amides is 1. The standard InChI is InChI=1S/C16H19N9OS/c1-23-11-20-22-16(23)27-6-4-17-15(26)12-8-24(9-12)13-7-14(19-10-18-13)25-5-2-3-21-25/h2-3,5,7,10-12H,4,6,8-9H2,1H3,(H,17,26). The first-order chi connectivity index (χ1) is 13.2. The highest BCUT2D eigenvalue weighted by Crippen LogP contribution is 2.23. The summed E-state index contributed by atoms with van der Waals surface area (Å²) in [5, 5.41) is 15.8. The first-order valence-corrected chi connectivity index (χ1v) is 9.51. The largest absolute Gasteiger partial charge is 0.355 e. The van der Waals surface area contributed by atoms with Gasteiger partial charge in [-0.3, -0.25) is 4.79 Å². The topological polar surface area (TPSA) is 107 Å². The second-order valence-electron chi connectivity index (χ2n) is 6.15. The van der Waals surface area contributed by atoms with E-state index in [0.717, 1.165) is 16.7 Å². The number of anilines is 1. The molecule has 0 saturated carbocycles. The van der Waals surface area contributed by atoms with E-state index in [1.165, 1.54) is 6.33 Å². The quantitative estimate of drug-likeness (QED) is 0.452. The second-order valence-corrected chi connectivity index (χ2v) is 7.21. The summed E-state index contributed by atoms with van der Waals surface area (Å²) in [6.45, 7) is 1.90. The number of carbonyl (C=O) groups is 1. The normalized spacial score (nSPS) is 14.2. The molecule has 1 aliphatic heterocycles. The van der Waals surface area contributed by atoms with Crippen LogP contribution in [0, 0.1) is 5.92 Å². The Kier molecular flexibility index (Phi) is 5.01. The molecule has 4 rings (SSSR count). The zero-order valence-electron chi connectivity index (χ0n) is 14.8. The van der Waals surface area contributed by atoms with Crippen molar-refractivity contribution >= 4 is 23.5 Å². The Morgan fingerprint density at radius 3 is 2.93 bits per heavy atom. The molecule has 1 aliphatic rings. The monoisotopic (exact) mass is 385 g/mol. The highest BCUT2D eigenvalue weighted by atomic mass is 32.2. The Bertz CT molecular complexity index is 904. The Balaban J connectivity index is 1.23. The van der Waals surface area contributed by atoms with Crippen LogP contribution in [0.5, 0.6) is 0 Å². The van der Waals surface area contributed by atoms with Crippen LogP contribution in [0.3, 0.4) is 0 Å². The predicted molar refractivity (Wildman–Crippen MR) is 99.6 cm³/mol. The van der Waals surface area contributed by atoms with Crippen LogP contribution in [-0.2, 0) is 11.8 Å². The predicted octanol–water partition coefficient (Wildman–Crippen LogP) is 0.135. The summed E-state index contributed by atoms with van der Waals surface area (Å²) in [5.41, 5.74) is 0. The first kappa shape index (κ1) is 17.5. The van der Waals surface area contributed by atoms with Crippen LogP contribution >= 0.6 is 11.8 Å². The lowest BCUT2D eigenvalue weighted by Crippen LogP contribution is -2.54. The summed E-state index contributed by atoms with van der Waals surface area (Å²) >= 11 is 1.57. The van der Waals surface area contributed by atoms with E-state index < -0.39 is 0 Å². The molecule has 0 aliphatic carbocycles. The average molecular weight is 385 g/mol. The molecule has 1 amide bonds. The van der Waals surface area contributed by atoms with E-state index in [1.807, 2.05) is 29.9 Å². The van der Waals surface area contributed by atoms with Crippen LogP contribution in [0.4, 0.5) is 5.82 Å². The van der Waals surface area contributed by atoms with Crippen LogP contribution in [0.15, 0.2) is 42.3 Å². The van der Waals surface area contributed by atoms with Crippen molar-refractivity contribution in [2.24, 2.45) is 13.0 Å². The Morgan fingerprint density at radius 2 is 2.19 bits per heavy atom. The molecule has 0 bridgehead atoms. The Morgan fingerprint density at radius 1 is 1.33 bits per heavy atom. The van der Waals surface area contributed by atoms with Gasteiger partial charge in [0.2, 0.25) is 5.91 Å². The van der Waals surface area contributed by atoms with Crippen LogP contribution in [-0.4, -0.2) is 65.8 Å². The molecule has 27 heavy (non-hydrogen) atoms. The molecule has 3 aromatic heterocycles. The minimum Gasteiger partial charge on any atom is -0.355 e. The summed E-state index contributed by atoms with van der Waals surface area (Å²) in [6.07, 6.45) is 6.71. The molecule has 140 valence electrons. The summed E-state index contributed by atoms with van der Waals surface area (Å²) in [4.78, 5) is 22.8. The number of nitrogens with one attached hydrogen (secondary N) is 1. The van der Waals surface area contributed by atoms with Crippen molar-refractivity contribution in [3.8, 4) is 5.82 Å². The maximum absolute atomic E-state index is 12.3. The molecule has 4 heterocycles. The molecule has 1 N–H and O–H groups in total. The number of thioether (sulfide) groups is 1. The van der Waals surface area contributed by atoms with Gasteiger partial charge in [0, 0.05) is 50.9 Å². The zero-order valence-corrected chi connectivity index (χ0v) is 15.6. The highest BCUT2D eigenvalue weighted by Gasteiger charge is 2.33. The fourth-order valence-corrected chi connectivity index (χ4v) is 3.48. The number of hydrogen-bond donors (Lipinski definition) is 1. The van der Waals surface area contributed by atoms with Crippen molar-refractivity contribution in [2.75, 3.05) is 30.3 Å². The smallest absolute Gasteiger partial charge is 0.226 e. The average Bonchev–Trinajstić information content (AvgIpc) is 3.30. The molecule has 1 fully saturated rings. The van der Waals surface area contributed by atoms with Gasteiger partial charge in [-0.2, -0.15) is 5.10 Å².